The number of nitrogens with zero attached hydrogens (tertiary/aromatic N) is 2. The van der Waals surface area contributed by atoms with Gasteiger partial charge in [0, 0.05) is 12.6 Å². The van der Waals surface area contributed by atoms with Crippen LogP contribution in [0.25, 0.3) is 0 Å². The molecule has 0 aliphatic carbocycles. The molecular weight excluding hydrogens is 280 g/mol. The lowest BCUT2D eigenvalue weighted by Gasteiger charge is -2.37. The van der Waals surface area contributed by atoms with Gasteiger partial charge in [-0.3, -0.25) is 14.9 Å². The lowest BCUT2D eigenvalue weighted by Crippen LogP contribution is -2.46. The molecule has 1 fully saturated rings. The third-order valence-electron chi connectivity index (χ3n) is 4.03. The van der Waals surface area contributed by atoms with Gasteiger partial charge >= 0.3 is 5.69 Å². The topological polar surface area (TPSA) is 63.5 Å². The van der Waals surface area contributed by atoms with Crippen molar-refractivity contribution in [3.8, 4) is 0 Å². The summed E-state index contributed by atoms with van der Waals surface area (Å²) in [5.41, 5.74) is -0.229. The van der Waals surface area contributed by atoms with Crippen molar-refractivity contribution in [3.63, 3.8) is 0 Å². The molecule has 0 radical (unpaired) electrons. The van der Waals surface area contributed by atoms with E-state index < -0.39 is 4.92 Å². The standard InChI is InChI=1S/C14H17ClN2O3/c1-9-5-4-8-16(10(9)2)14(18)11-6-3-7-12(15)13(11)17(19)20/h3,6-7,9-10H,4-5,8H2,1-2H3. The van der Waals surface area contributed by atoms with Crippen LogP contribution in [-0.2, 0) is 0 Å². The lowest BCUT2D eigenvalue weighted by molar-refractivity contribution is -0.385. The first kappa shape index (κ1) is 14.8. The van der Waals surface area contributed by atoms with E-state index in [1.165, 1.54) is 12.1 Å². The normalized spacial score (nSPS) is 22.6. The van der Waals surface area contributed by atoms with Crippen molar-refractivity contribution in [3.05, 3.63) is 38.9 Å². The largest absolute Gasteiger partial charge is 0.335 e. The van der Waals surface area contributed by atoms with Crippen LogP contribution in [0.3, 0.4) is 0 Å². The highest BCUT2D eigenvalue weighted by Gasteiger charge is 2.33. The average molecular weight is 297 g/mol. The molecule has 108 valence electrons. The van der Waals surface area contributed by atoms with Gasteiger partial charge in [-0.2, -0.15) is 0 Å². The Kier molecular flexibility index (Phi) is 4.28. The summed E-state index contributed by atoms with van der Waals surface area (Å²) in [5, 5.41) is 11.1. The Balaban J connectivity index is 2.39. The summed E-state index contributed by atoms with van der Waals surface area (Å²) in [6.07, 6.45) is 1.99. The van der Waals surface area contributed by atoms with Crippen LogP contribution in [0.15, 0.2) is 18.2 Å². The van der Waals surface area contributed by atoms with Gasteiger partial charge in [0.1, 0.15) is 10.6 Å². The maximum Gasteiger partial charge on any atom is 0.300 e. The van der Waals surface area contributed by atoms with Crippen LogP contribution in [0, 0.1) is 16.0 Å². The Morgan fingerprint density at radius 2 is 2.15 bits per heavy atom. The van der Waals surface area contributed by atoms with Gasteiger partial charge in [-0.05, 0) is 37.8 Å². The zero-order chi connectivity index (χ0) is 14.9. The molecule has 2 atom stereocenters. The van der Waals surface area contributed by atoms with E-state index in [1.54, 1.807) is 11.0 Å². The molecule has 1 saturated heterocycles. The molecule has 0 bridgehead atoms. The fourth-order valence-corrected chi connectivity index (χ4v) is 2.89. The van der Waals surface area contributed by atoms with E-state index in [2.05, 4.69) is 6.92 Å². The molecule has 2 unspecified atom stereocenters. The van der Waals surface area contributed by atoms with E-state index in [0.717, 1.165) is 12.8 Å². The van der Waals surface area contributed by atoms with Gasteiger partial charge in [0.15, 0.2) is 0 Å². The highest BCUT2D eigenvalue weighted by atomic mass is 35.5. The van der Waals surface area contributed by atoms with Crippen LogP contribution < -0.4 is 0 Å². The highest BCUT2D eigenvalue weighted by molar-refractivity contribution is 6.33. The smallest absolute Gasteiger partial charge is 0.300 e. The third kappa shape index (κ3) is 2.63. The van der Waals surface area contributed by atoms with Crippen molar-refractivity contribution in [1.82, 2.24) is 4.90 Å². The fourth-order valence-electron chi connectivity index (χ4n) is 2.65. The zero-order valence-corrected chi connectivity index (χ0v) is 12.3. The number of hydrogen-bond acceptors (Lipinski definition) is 3. The molecule has 1 aromatic carbocycles. The molecule has 0 N–H and O–H groups in total. The first-order valence-electron chi connectivity index (χ1n) is 6.67. The number of benzene rings is 1. The number of carbonyl (C=O) groups excluding carboxylic acids is 1. The van der Waals surface area contributed by atoms with Gasteiger partial charge in [0.25, 0.3) is 5.91 Å². The quantitative estimate of drug-likeness (QED) is 0.619. The van der Waals surface area contributed by atoms with Crippen molar-refractivity contribution < 1.29 is 9.72 Å². The number of carbonyl (C=O) groups is 1. The second-order valence-corrected chi connectivity index (χ2v) is 5.66. The Hall–Kier alpha value is -1.62. The van der Waals surface area contributed by atoms with Gasteiger partial charge in [-0.1, -0.05) is 24.6 Å². The van der Waals surface area contributed by atoms with Gasteiger partial charge in [-0.25, -0.2) is 0 Å². The highest BCUT2D eigenvalue weighted by Crippen LogP contribution is 2.31. The fraction of sp³-hybridized carbons (Fsp3) is 0.500. The van der Waals surface area contributed by atoms with E-state index in [9.17, 15) is 14.9 Å². The van der Waals surface area contributed by atoms with Crippen molar-refractivity contribution >= 4 is 23.2 Å². The Morgan fingerprint density at radius 3 is 2.80 bits per heavy atom. The third-order valence-corrected chi connectivity index (χ3v) is 4.34. The predicted molar refractivity (Wildman–Crippen MR) is 77.0 cm³/mol. The van der Waals surface area contributed by atoms with E-state index in [4.69, 9.17) is 11.6 Å². The first-order chi connectivity index (χ1) is 9.43. The number of piperidine rings is 1. The van der Waals surface area contributed by atoms with Crippen LogP contribution in [-0.4, -0.2) is 28.3 Å². The number of nitro groups is 1. The number of amides is 1. The minimum Gasteiger partial charge on any atom is -0.335 e. The minimum absolute atomic E-state index is 0.00133. The number of rotatable bonds is 2. The van der Waals surface area contributed by atoms with Crippen LogP contribution >= 0.6 is 11.6 Å². The van der Waals surface area contributed by atoms with Gasteiger partial charge < -0.3 is 4.90 Å². The second-order valence-electron chi connectivity index (χ2n) is 5.25. The van der Waals surface area contributed by atoms with Crippen molar-refractivity contribution in [2.45, 2.75) is 32.7 Å². The second kappa shape index (κ2) is 5.79. The number of likely N-dealkylation sites (tertiary alicyclic amines) is 1. The molecular formula is C14H17ClN2O3. The van der Waals surface area contributed by atoms with Crippen LogP contribution in [0.5, 0.6) is 0 Å². The number of para-hydroxylation sites is 1. The molecule has 1 aliphatic heterocycles. The molecule has 0 spiro atoms. The van der Waals surface area contributed by atoms with Crippen molar-refractivity contribution in [2.24, 2.45) is 5.92 Å². The Bertz CT molecular complexity index is 547. The molecule has 20 heavy (non-hydrogen) atoms. The lowest BCUT2D eigenvalue weighted by atomic mass is 9.91. The average Bonchev–Trinajstić information content (AvgIpc) is 2.40. The number of hydrogen-bond donors (Lipinski definition) is 0. The van der Waals surface area contributed by atoms with Crippen LogP contribution in [0.2, 0.25) is 5.02 Å². The van der Waals surface area contributed by atoms with Crippen LogP contribution in [0.4, 0.5) is 5.69 Å². The summed E-state index contributed by atoms with van der Waals surface area (Å²) in [6, 6.07) is 4.55. The maximum atomic E-state index is 12.6. The van der Waals surface area contributed by atoms with Gasteiger partial charge in [-0.15, -0.1) is 0 Å². The number of halogens is 1. The predicted octanol–water partition coefficient (Wildman–Crippen LogP) is 3.51. The van der Waals surface area contributed by atoms with Gasteiger partial charge in [0.05, 0.1) is 4.92 Å². The molecule has 1 aliphatic rings. The molecule has 2 rings (SSSR count). The molecule has 1 heterocycles. The van der Waals surface area contributed by atoms with Gasteiger partial charge in [0.2, 0.25) is 0 Å². The molecule has 0 saturated carbocycles. The molecule has 1 aromatic rings. The van der Waals surface area contributed by atoms with E-state index >= 15 is 0 Å². The maximum absolute atomic E-state index is 12.6. The molecule has 1 amide bonds. The van der Waals surface area contributed by atoms with E-state index in [0.29, 0.717) is 12.5 Å². The summed E-state index contributed by atoms with van der Waals surface area (Å²) in [5.74, 6) is 0.0872. The molecule has 6 heteroatoms. The van der Waals surface area contributed by atoms with E-state index in [1.807, 2.05) is 6.92 Å². The summed E-state index contributed by atoms with van der Waals surface area (Å²) in [4.78, 5) is 24.8. The summed E-state index contributed by atoms with van der Waals surface area (Å²) < 4.78 is 0. The summed E-state index contributed by atoms with van der Waals surface area (Å²) in [6.45, 7) is 4.71. The Labute approximate surface area is 122 Å². The molecule has 5 nitrogen and oxygen atoms in total. The first-order valence-corrected chi connectivity index (χ1v) is 7.05. The number of nitro benzene ring substituents is 1. The molecule has 0 aromatic heterocycles. The van der Waals surface area contributed by atoms with E-state index in [-0.39, 0.29) is 28.2 Å². The summed E-state index contributed by atoms with van der Waals surface area (Å²) >= 11 is 5.86. The SMILES string of the molecule is CC1CCCN(C(=O)c2cccc(Cl)c2[N+](=O)[O-])C1C. The summed E-state index contributed by atoms with van der Waals surface area (Å²) in [7, 11) is 0. The zero-order valence-electron chi connectivity index (χ0n) is 11.5. The Morgan fingerprint density at radius 1 is 1.45 bits per heavy atom. The van der Waals surface area contributed by atoms with Crippen molar-refractivity contribution in [1.29, 1.82) is 0 Å². The monoisotopic (exact) mass is 296 g/mol. The van der Waals surface area contributed by atoms with Crippen molar-refractivity contribution in [2.75, 3.05) is 6.54 Å². The minimum atomic E-state index is -0.590. The van der Waals surface area contributed by atoms with Crippen LogP contribution in [0.1, 0.15) is 37.0 Å².